The van der Waals surface area contributed by atoms with Gasteiger partial charge in [0.2, 0.25) is 9.84 Å². The molecule has 0 atom stereocenters. The van der Waals surface area contributed by atoms with Crippen LogP contribution >= 0.6 is 0 Å². The summed E-state index contributed by atoms with van der Waals surface area (Å²) in [6.45, 7) is 0. The van der Waals surface area contributed by atoms with E-state index in [1.54, 1.807) is 26.4 Å². The molecule has 2 aromatic carbocycles. The van der Waals surface area contributed by atoms with Gasteiger partial charge in [-0.1, -0.05) is 18.2 Å². The number of methoxy groups -OCH3 is 2. The summed E-state index contributed by atoms with van der Waals surface area (Å²) in [6, 6.07) is 11.2. The molecule has 0 N–H and O–H groups in total. The van der Waals surface area contributed by atoms with Crippen molar-refractivity contribution in [2.45, 2.75) is 30.6 Å². The molecule has 1 fully saturated rings. The molecule has 4 nitrogen and oxygen atoms in total. The standard InChI is InChI=1S/C22H23FO4S/c1-26-20-8-5-16(11-21(20)27-2)19-13-22(9-10-22)12-18(19)15-3-6-17(7-4-15)28(24,25)14-23/h3-8,11H,9-10,12-14H2,1-2H3. The first-order valence-corrected chi connectivity index (χ1v) is 10.9. The fraction of sp³-hybridized carbons (Fsp3) is 0.364. The van der Waals surface area contributed by atoms with E-state index in [9.17, 15) is 12.8 Å². The Hall–Kier alpha value is -2.34. The molecule has 2 aromatic rings. The second-order valence-corrected chi connectivity index (χ2v) is 9.55. The molecule has 0 unspecified atom stereocenters. The number of rotatable bonds is 6. The van der Waals surface area contributed by atoms with Crippen LogP contribution < -0.4 is 9.47 Å². The summed E-state index contributed by atoms with van der Waals surface area (Å²) in [5, 5.41) is 0. The Balaban J connectivity index is 1.76. The third-order valence-electron chi connectivity index (χ3n) is 5.86. The van der Waals surface area contributed by atoms with Gasteiger partial charge in [-0.05, 0) is 77.6 Å². The maximum absolute atomic E-state index is 12.8. The number of hydrogen-bond acceptors (Lipinski definition) is 4. The summed E-state index contributed by atoms with van der Waals surface area (Å²) in [5.41, 5.74) is 4.92. The largest absolute Gasteiger partial charge is 0.493 e. The molecule has 2 aliphatic carbocycles. The monoisotopic (exact) mass is 402 g/mol. The molecule has 1 spiro atoms. The zero-order chi connectivity index (χ0) is 19.9. The topological polar surface area (TPSA) is 52.6 Å². The number of alkyl halides is 1. The zero-order valence-electron chi connectivity index (χ0n) is 16.0. The molecule has 0 bridgehead atoms. The molecule has 0 heterocycles. The normalized spacial score (nSPS) is 17.8. The Morgan fingerprint density at radius 2 is 1.46 bits per heavy atom. The summed E-state index contributed by atoms with van der Waals surface area (Å²) in [6.07, 6.45) is 4.40. The maximum Gasteiger partial charge on any atom is 0.207 e. The van der Waals surface area contributed by atoms with Gasteiger partial charge in [0.15, 0.2) is 17.5 Å². The molecule has 1 saturated carbocycles. The first-order valence-electron chi connectivity index (χ1n) is 9.25. The summed E-state index contributed by atoms with van der Waals surface area (Å²) >= 11 is 0. The molecule has 6 heteroatoms. The fourth-order valence-corrected chi connectivity index (χ4v) is 4.74. The predicted octanol–water partition coefficient (Wildman–Crippen LogP) is 4.89. The quantitative estimate of drug-likeness (QED) is 0.690. The zero-order valence-corrected chi connectivity index (χ0v) is 16.8. The van der Waals surface area contributed by atoms with Crippen molar-refractivity contribution >= 4 is 21.0 Å². The van der Waals surface area contributed by atoms with Crippen molar-refractivity contribution in [3.63, 3.8) is 0 Å². The van der Waals surface area contributed by atoms with E-state index in [1.165, 1.54) is 36.1 Å². The third kappa shape index (κ3) is 3.30. The van der Waals surface area contributed by atoms with Gasteiger partial charge in [-0.2, -0.15) is 0 Å². The lowest BCUT2D eigenvalue weighted by Gasteiger charge is -2.13. The van der Waals surface area contributed by atoms with Crippen molar-refractivity contribution in [3.8, 4) is 11.5 Å². The SMILES string of the molecule is COc1ccc(C2=C(c3ccc(S(=O)(=O)CF)cc3)CC3(CC3)C2)cc1OC. The van der Waals surface area contributed by atoms with Crippen molar-refractivity contribution < 1.29 is 22.3 Å². The average molecular weight is 402 g/mol. The first-order chi connectivity index (χ1) is 13.4. The molecule has 4 rings (SSSR count). The van der Waals surface area contributed by atoms with E-state index >= 15 is 0 Å². The lowest BCUT2D eigenvalue weighted by atomic mass is 9.97. The van der Waals surface area contributed by atoms with Crippen LogP contribution in [0.2, 0.25) is 0 Å². The van der Waals surface area contributed by atoms with E-state index in [0.717, 1.165) is 24.0 Å². The van der Waals surface area contributed by atoms with Crippen LogP contribution in [0, 0.1) is 5.41 Å². The van der Waals surface area contributed by atoms with E-state index in [0.29, 0.717) is 16.9 Å². The van der Waals surface area contributed by atoms with Crippen molar-refractivity contribution in [1.82, 2.24) is 0 Å². The van der Waals surface area contributed by atoms with Gasteiger partial charge in [-0.25, -0.2) is 12.8 Å². The minimum Gasteiger partial charge on any atom is -0.493 e. The van der Waals surface area contributed by atoms with Crippen LogP contribution in [0.25, 0.3) is 11.1 Å². The summed E-state index contributed by atoms with van der Waals surface area (Å²) < 4.78 is 47.1. The van der Waals surface area contributed by atoms with E-state index in [1.807, 2.05) is 18.2 Å². The predicted molar refractivity (Wildman–Crippen MR) is 107 cm³/mol. The molecular weight excluding hydrogens is 379 g/mol. The van der Waals surface area contributed by atoms with E-state index in [-0.39, 0.29) is 4.90 Å². The maximum atomic E-state index is 12.8. The van der Waals surface area contributed by atoms with Crippen LogP contribution in [-0.2, 0) is 9.84 Å². The van der Waals surface area contributed by atoms with Crippen LogP contribution in [0.3, 0.4) is 0 Å². The molecule has 0 radical (unpaired) electrons. The van der Waals surface area contributed by atoms with Crippen molar-refractivity contribution in [2.24, 2.45) is 5.41 Å². The van der Waals surface area contributed by atoms with E-state index < -0.39 is 15.8 Å². The second-order valence-electron chi connectivity index (χ2n) is 7.63. The van der Waals surface area contributed by atoms with Crippen LogP contribution in [0.4, 0.5) is 4.39 Å². The number of allylic oxidation sites excluding steroid dienone is 2. The second kappa shape index (κ2) is 6.92. The molecule has 0 amide bonds. The summed E-state index contributed by atoms with van der Waals surface area (Å²) in [7, 11) is -0.606. The minimum absolute atomic E-state index is 0.0196. The van der Waals surface area contributed by atoms with Crippen LogP contribution in [-0.4, -0.2) is 28.6 Å². The number of sulfone groups is 1. The van der Waals surface area contributed by atoms with Gasteiger partial charge in [-0.3, -0.25) is 0 Å². The third-order valence-corrected chi connectivity index (χ3v) is 7.14. The van der Waals surface area contributed by atoms with Gasteiger partial charge in [-0.15, -0.1) is 0 Å². The lowest BCUT2D eigenvalue weighted by Crippen LogP contribution is -2.02. The highest BCUT2D eigenvalue weighted by molar-refractivity contribution is 7.91. The highest BCUT2D eigenvalue weighted by Gasteiger charge is 2.48. The van der Waals surface area contributed by atoms with Crippen LogP contribution in [0.15, 0.2) is 47.4 Å². The highest BCUT2D eigenvalue weighted by atomic mass is 32.2. The van der Waals surface area contributed by atoms with Crippen molar-refractivity contribution in [1.29, 1.82) is 0 Å². The summed E-state index contributed by atoms with van der Waals surface area (Å²) in [5.74, 6) is 1.38. The minimum atomic E-state index is -3.84. The van der Waals surface area contributed by atoms with E-state index in [4.69, 9.17) is 9.47 Å². The van der Waals surface area contributed by atoms with Crippen LogP contribution in [0.5, 0.6) is 11.5 Å². The number of benzene rings is 2. The van der Waals surface area contributed by atoms with E-state index in [2.05, 4.69) is 0 Å². The first kappa shape index (κ1) is 19.0. The number of hydrogen-bond donors (Lipinski definition) is 0. The number of halogens is 1. The summed E-state index contributed by atoms with van der Waals surface area (Å²) in [4.78, 5) is 0.0196. The Morgan fingerprint density at radius 3 is 2.00 bits per heavy atom. The molecule has 28 heavy (non-hydrogen) atoms. The highest BCUT2D eigenvalue weighted by Crippen LogP contribution is 2.63. The fourth-order valence-electron chi connectivity index (χ4n) is 4.06. The van der Waals surface area contributed by atoms with Crippen molar-refractivity contribution in [2.75, 3.05) is 20.2 Å². The van der Waals surface area contributed by atoms with Gasteiger partial charge >= 0.3 is 0 Å². The molecule has 148 valence electrons. The average Bonchev–Trinajstić information content (AvgIpc) is 3.37. The molecular formula is C22H23FO4S. The Kier molecular flexibility index (Phi) is 4.70. The molecule has 0 aromatic heterocycles. The number of ether oxygens (including phenoxy) is 2. The Labute approximate surface area is 164 Å². The van der Waals surface area contributed by atoms with Crippen molar-refractivity contribution in [3.05, 3.63) is 53.6 Å². The molecule has 0 aliphatic heterocycles. The molecule has 0 saturated heterocycles. The van der Waals surface area contributed by atoms with Gasteiger partial charge in [0.25, 0.3) is 0 Å². The van der Waals surface area contributed by atoms with Gasteiger partial charge in [0, 0.05) is 0 Å². The van der Waals surface area contributed by atoms with Crippen LogP contribution in [0.1, 0.15) is 36.8 Å². The molecule has 2 aliphatic rings. The smallest absolute Gasteiger partial charge is 0.207 e. The lowest BCUT2D eigenvalue weighted by molar-refractivity contribution is 0.355. The Morgan fingerprint density at radius 1 is 0.893 bits per heavy atom. The van der Waals surface area contributed by atoms with Gasteiger partial charge in [0.1, 0.15) is 0 Å². The van der Waals surface area contributed by atoms with Gasteiger partial charge < -0.3 is 9.47 Å². The van der Waals surface area contributed by atoms with Gasteiger partial charge in [0.05, 0.1) is 19.1 Å². The Bertz CT molecular complexity index is 1030.